The maximum Gasteiger partial charge on any atom is 0.407 e. The molecule has 7 heteroatoms. The van der Waals surface area contributed by atoms with Gasteiger partial charge in [-0.15, -0.1) is 11.3 Å². The summed E-state index contributed by atoms with van der Waals surface area (Å²) in [4.78, 5) is 20.2. The van der Waals surface area contributed by atoms with Crippen LogP contribution < -0.4 is 5.32 Å². The SMILES string of the molecule is Cc1ncsc1CCOC(=O)NCCc1c[nH]c2ccc(O)cc12. The number of phenols is 1. The number of aromatic hydroxyl groups is 1. The van der Waals surface area contributed by atoms with E-state index in [2.05, 4.69) is 15.3 Å². The summed E-state index contributed by atoms with van der Waals surface area (Å²) in [5, 5.41) is 13.3. The summed E-state index contributed by atoms with van der Waals surface area (Å²) in [7, 11) is 0. The summed E-state index contributed by atoms with van der Waals surface area (Å²) in [5.41, 5.74) is 4.79. The van der Waals surface area contributed by atoms with Gasteiger partial charge in [-0.25, -0.2) is 9.78 Å². The molecule has 0 bridgehead atoms. The highest BCUT2D eigenvalue weighted by molar-refractivity contribution is 7.09. The molecular formula is C17H19N3O3S. The lowest BCUT2D eigenvalue weighted by atomic mass is 10.1. The summed E-state index contributed by atoms with van der Waals surface area (Å²) in [5.74, 6) is 0.231. The van der Waals surface area contributed by atoms with Crippen LogP contribution in [0.1, 0.15) is 16.1 Å². The number of fused-ring (bicyclic) bond motifs is 1. The Morgan fingerprint density at radius 2 is 2.29 bits per heavy atom. The summed E-state index contributed by atoms with van der Waals surface area (Å²) >= 11 is 1.57. The molecule has 2 heterocycles. The van der Waals surface area contributed by atoms with Crippen molar-refractivity contribution in [1.29, 1.82) is 0 Å². The quantitative estimate of drug-likeness (QED) is 0.640. The number of hydrogen-bond acceptors (Lipinski definition) is 5. The number of alkyl carbamates (subject to hydrolysis) is 1. The first kappa shape index (κ1) is 16.3. The molecule has 24 heavy (non-hydrogen) atoms. The van der Waals surface area contributed by atoms with Crippen molar-refractivity contribution in [2.24, 2.45) is 0 Å². The number of aromatic amines is 1. The molecule has 0 unspecified atom stereocenters. The van der Waals surface area contributed by atoms with Crippen molar-refractivity contribution in [2.45, 2.75) is 19.8 Å². The van der Waals surface area contributed by atoms with Gasteiger partial charge in [0.15, 0.2) is 0 Å². The number of H-pyrrole nitrogens is 1. The Balaban J connectivity index is 1.43. The average Bonchev–Trinajstić information content (AvgIpc) is 3.14. The van der Waals surface area contributed by atoms with Crippen LogP contribution in [-0.2, 0) is 17.6 Å². The van der Waals surface area contributed by atoms with Crippen molar-refractivity contribution in [3.05, 3.63) is 46.0 Å². The van der Waals surface area contributed by atoms with Crippen LogP contribution in [-0.4, -0.2) is 34.3 Å². The Morgan fingerprint density at radius 3 is 3.08 bits per heavy atom. The zero-order valence-electron chi connectivity index (χ0n) is 13.3. The fourth-order valence-corrected chi connectivity index (χ4v) is 3.29. The first-order valence-electron chi connectivity index (χ1n) is 7.72. The van der Waals surface area contributed by atoms with Gasteiger partial charge in [0.1, 0.15) is 5.75 Å². The van der Waals surface area contributed by atoms with E-state index in [1.165, 1.54) is 0 Å². The molecule has 0 aliphatic rings. The Bertz CT molecular complexity index is 841. The fourth-order valence-electron chi connectivity index (χ4n) is 2.53. The number of nitrogens with one attached hydrogen (secondary N) is 2. The molecular weight excluding hydrogens is 326 g/mol. The lowest BCUT2D eigenvalue weighted by Crippen LogP contribution is -2.27. The van der Waals surface area contributed by atoms with Crippen molar-refractivity contribution >= 4 is 28.3 Å². The van der Waals surface area contributed by atoms with Gasteiger partial charge in [0.25, 0.3) is 0 Å². The molecule has 2 aromatic heterocycles. The van der Waals surface area contributed by atoms with E-state index in [0.29, 0.717) is 26.0 Å². The summed E-state index contributed by atoms with van der Waals surface area (Å²) in [6, 6.07) is 5.19. The fraction of sp³-hybridized carbons (Fsp3) is 0.294. The average molecular weight is 345 g/mol. The molecule has 6 nitrogen and oxygen atoms in total. The molecule has 0 spiro atoms. The summed E-state index contributed by atoms with van der Waals surface area (Å²) in [6.07, 6.45) is 2.82. The Morgan fingerprint density at radius 1 is 1.42 bits per heavy atom. The molecule has 3 N–H and O–H groups in total. The van der Waals surface area contributed by atoms with Crippen molar-refractivity contribution in [3.8, 4) is 5.75 Å². The molecule has 0 fully saturated rings. The zero-order valence-corrected chi connectivity index (χ0v) is 14.2. The molecule has 0 saturated heterocycles. The van der Waals surface area contributed by atoms with Crippen molar-refractivity contribution in [1.82, 2.24) is 15.3 Å². The first-order chi connectivity index (χ1) is 11.6. The molecule has 1 amide bonds. The minimum Gasteiger partial charge on any atom is -0.508 e. The molecule has 0 radical (unpaired) electrons. The number of aromatic nitrogens is 2. The van der Waals surface area contributed by atoms with Crippen LogP contribution in [0.2, 0.25) is 0 Å². The second-order valence-corrected chi connectivity index (χ2v) is 6.41. The highest BCUT2D eigenvalue weighted by atomic mass is 32.1. The van der Waals surface area contributed by atoms with Gasteiger partial charge in [-0.1, -0.05) is 0 Å². The van der Waals surface area contributed by atoms with Crippen molar-refractivity contribution in [2.75, 3.05) is 13.2 Å². The lowest BCUT2D eigenvalue weighted by Gasteiger charge is -2.06. The molecule has 3 rings (SSSR count). The Kier molecular flexibility index (Phi) is 5.00. The van der Waals surface area contributed by atoms with E-state index < -0.39 is 6.09 Å². The number of rotatable bonds is 6. The van der Waals surface area contributed by atoms with Gasteiger partial charge in [-0.2, -0.15) is 0 Å². The topological polar surface area (TPSA) is 87.2 Å². The van der Waals surface area contributed by atoms with E-state index in [1.54, 1.807) is 29.0 Å². The highest BCUT2D eigenvalue weighted by Crippen LogP contribution is 2.23. The normalized spacial score (nSPS) is 10.9. The van der Waals surface area contributed by atoms with Crippen LogP contribution in [0.25, 0.3) is 10.9 Å². The highest BCUT2D eigenvalue weighted by Gasteiger charge is 2.07. The molecule has 0 saturated carbocycles. The largest absolute Gasteiger partial charge is 0.508 e. The number of thiazole rings is 1. The van der Waals surface area contributed by atoms with Crippen LogP contribution in [0.5, 0.6) is 5.75 Å². The van der Waals surface area contributed by atoms with Gasteiger partial charge in [0.05, 0.1) is 17.8 Å². The minimum atomic E-state index is -0.417. The lowest BCUT2D eigenvalue weighted by molar-refractivity contribution is 0.148. The zero-order chi connectivity index (χ0) is 16.9. The first-order valence-corrected chi connectivity index (χ1v) is 8.60. The Hall–Kier alpha value is -2.54. The molecule has 0 aliphatic carbocycles. The maximum absolute atomic E-state index is 11.7. The molecule has 0 atom stereocenters. The third-order valence-electron chi connectivity index (χ3n) is 3.82. The van der Waals surface area contributed by atoms with E-state index in [0.717, 1.165) is 27.0 Å². The van der Waals surface area contributed by atoms with Gasteiger partial charge in [0, 0.05) is 34.9 Å². The summed E-state index contributed by atoms with van der Waals surface area (Å²) in [6.45, 7) is 2.77. The predicted molar refractivity (Wildman–Crippen MR) is 93.6 cm³/mol. The number of ether oxygens (including phenoxy) is 1. The van der Waals surface area contributed by atoms with E-state index in [1.807, 2.05) is 19.2 Å². The van der Waals surface area contributed by atoms with Gasteiger partial charge in [-0.3, -0.25) is 0 Å². The summed E-state index contributed by atoms with van der Waals surface area (Å²) < 4.78 is 5.18. The van der Waals surface area contributed by atoms with E-state index in [9.17, 15) is 9.90 Å². The van der Waals surface area contributed by atoms with Gasteiger partial charge < -0.3 is 20.1 Å². The second-order valence-electron chi connectivity index (χ2n) is 5.47. The number of carbonyl (C=O) groups excluding carboxylic acids is 1. The number of aryl methyl sites for hydroxylation is 1. The monoisotopic (exact) mass is 345 g/mol. The number of phenolic OH excluding ortho intramolecular Hbond substituents is 1. The standard InChI is InChI=1S/C17H19N3O3S/c1-11-16(24-10-20-11)5-7-23-17(22)18-6-4-12-9-19-15-3-2-13(21)8-14(12)15/h2-3,8-10,19,21H,4-7H2,1H3,(H,18,22). The van der Waals surface area contributed by atoms with Crippen LogP contribution >= 0.6 is 11.3 Å². The predicted octanol–water partition coefficient (Wildman–Crippen LogP) is 3.15. The number of carbonyl (C=O) groups is 1. The van der Waals surface area contributed by atoms with Crippen molar-refractivity contribution < 1.29 is 14.6 Å². The van der Waals surface area contributed by atoms with Crippen LogP contribution in [0.15, 0.2) is 29.9 Å². The molecule has 3 aromatic rings. The third kappa shape index (κ3) is 3.86. The molecule has 1 aromatic carbocycles. The maximum atomic E-state index is 11.7. The van der Waals surface area contributed by atoms with Gasteiger partial charge in [0.2, 0.25) is 0 Å². The molecule has 126 valence electrons. The van der Waals surface area contributed by atoms with Crippen molar-refractivity contribution in [3.63, 3.8) is 0 Å². The van der Waals surface area contributed by atoms with E-state index in [4.69, 9.17) is 4.74 Å². The third-order valence-corrected chi connectivity index (χ3v) is 4.82. The van der Waals surface area contributed by atoms with Crippen LogP contribution in [0, 0.1) is 6.92 Å². The van der Waals surface area contributed by atoms with Crippen LogP contribution in [0.3, 0.4) is 0 Å². The van der Waals surface area contributed by atoms with E-state index in [-0.39, 0.29) is 5.75 Å². The second kappa shape index (κ2) is 7.35. The van der Waals surface area contributed by atoms with Gasteiger partial charge >= 0.3 is 6.09 Å². The molecule has 0 aliphatic heterocycles. The smallest absolute Gasteiger partial charge is 0.407 e. The van der Waals surface area contributed by atoms with Gasteiger partial charge in [-0.05, 0) is 37.1 Å². The van der Waals surface area contributed by atoms with Crippen LogP contribution in [0.4, 0.5) is 4.79 Å². The van der Waals surface area contributed by atoms with E-state index >= 15 is 0 Å². The minimum absolute atomic E-state index is 0.231. The Labute approximate surface area is 143 Å². The number of nitrogens with zero attached hydrogens (tertiary/aromatic N) is 1. The number of benzene rings is 1. The number of hydrogen-bond donors (Lipinski definition) is 3. The number of amides is 1.